The Balaban J connectivity index is 1.23. The van der Waals surface area contributed by atoms with Crippen LogP contribution in [0.25, 0.3) is 0 Å². The van der Waals surface area contributed by atoms with Crippen molar-refractivity contribution in [3.8, 4) is 0 Å². The van der Waals surface area contributed by atoms with E-state index in [2.05, 4.69) is 40.8 Å². The van der Waals surface area contributed by atoms with Gasteiger partial charge in [-0.1, -0.05) is 33.8 Å². The second-order valence-electron chi connectivity index (χ2n) is 10.3. The van der Waals surface area contributed by atoms with Crippen LogP contribution in [0.5, 0.6) is 0 Å². The van der Waals surface area contributed by atoms with Gasteiger partial charge in [-0.25, -0.2) is 13.8 Å². The maximum absolute atomic E-state index is 14.4. The highest BCUT2D eigenvalue weighted by atomic mass is 19.3. The molecule has 4 heterocycles. The van der Waals surface area contributed by atoms with E-state index in [0.29, 0.717) is 18.9 Å². The van der Waals surface area contributed by atoms with Gasteiger partial charge in [0.2, 0.25) is 5.91 Å². The van der Waals surface area contributed by atoms with Gasteiger partial charge in [0.25, 0.3) is 5.92 Å². The lowest BCUT2D eigenvalue weighted by molar-refractivity contribution is -0.158. The van der Waals surface area contributed by atoms with Crippen LogP contribution in [0, 0.1) is 17.3 Å². The van der Waals surface area contributed by atoms with E-state index in [1.54, 1.807) is 0 Å². The van der Waals surface area contributed by atoms with Crippen LogP contribution in [0.15, 0.2) is 18.3 Å². The summed E-state index contributed by atoms with van der Waals surface area (Å²) in [6, 6.07) is 4.23. The number of nitrogens with zero attached hydrogens (tertiary/aromatic N) is 4. The molecule has 0 bridgehead atoms. The van der Waals surface area contributed by atoms with Crippen molar-refractivity contribution in [3.05, 3.63) is 23.9 Å². The Morgan fingerprint density at radius 2 is 1.83 bits per heavy atom. The summed E-state index contributed by atoms with van der Waals surface area (Å²) < 4.78 is 28.8. The van der Waals surface area contributed by atoms with Crippen molar-refractivity contribution in [2.45, 2.75) is 46.0 Å². The molecule has 1 amide bonds. The number of piperidine rings is 1. The van der Waals surface area contributed by atoms with Crippen LogP contribution in [0.4, 0.5) is 14.6 Å². The number of anilines is 1. The van der Waals surface area contributed by atoms with Gasteiger partial charge in [0.05, 0.1) is 13.1 Å². The summed E-state index contributed by atoms with van der Waals surface area (Å²) >= 11 is 0. The number of alkyl halides is 2. The highest BCUT2D eigenvalue weighted by molar-refractivity contribution is 5.78. The largest absolute Gasteiger partial charge is 0.355 e. The molecular weight excluding hydrogens is 386 g/mol. The van der Waals surface area contributed by atoms with Gasteiger partial charge < -0.3 is 9.80 Å². The minimum absolute atomic E-state index is 0.0647. The van der Waals surface area contributed by atoms with E-state index < -0.39 is 18.4 Å². The van der Waals surface area contributed by atoms with Crippen LogP contribution < -0.4 is 4.90 Å². The second-order valence-corrected chi connectivity index (χ2v) is 10.3. The van der Waals surface area contributed by atoms with Crippen LogP contribution in [0.1, 0.15) is 45.6 Å². The van der Waals surface area contributed by atoms with Gasteiger partial charge in [-0.2, -0.15) is 0 Å². The molecule has 4 rings (SSSR count). The lowest BCUT2D eigenvalue weighted by Gasteiger charge is -2.60. The van der Waals surface area contributed by atoms with E-state index in [0.717, 1.165) is 32.0 Å². The number of aromatic nitrogens is 1. The topological polar surface area (TPSA) is 39.7 Å². The summed E-state index contributed by atoms with van der Waals surface area (Å²) in [5.74, 6) is -2.15. The number of carbonyl (C=O) groups excluding carboxylic acids is 1. The van der Waals surface area contributed by atoms with Crippen molar-refractivity contribution >= 4 is 11.7 Å². The third kappa shape index (κ3) is 4.05. The zero-order valence-corrected chi connectivity index (χ0v) is 18.6. The van der Waals surface area contributed by atoms with E-state index in [1.165, 1.54) is 10.5 Å². The Bertz CT molecular complexity index is 766. The molecule has 3 aliphatic rings. The highest BCUT2D eigenvalue weighted by Gasteiger charge is 2.53. The molecule has 1 atom stereocenters. The normalized spacial score (nSPS) is 25.5. The van der Waals surface area contributed by atoms with Gasteiger partial charge >= 0.3 is 0 Å². The van der Waals surface area contributed by atoms with Crippen LogP contribution in [-0.4, -0.2) is 72.4 Å². The molecular formula is C23H34F2N4O. The zero-order chi connectivity index (χ0) is 21.7. The van der Waals surface area contributed by atoms with Gasteiger partial charge in [0.15, 0.2) is 0 Å². The summed E-state index contributed by atoms with van der Waals surface area (Å²) in [6.07, 6.45) is 2.34. The van der Waals surface area contributed by atoms with Crippen molar-refractivity contribution < 1.29 is 13.6 Å². The third-order valence-corrected chi connectivity index (χ3v) is 7.10. The quantitative estimate of drug-likeness (QED) is 0.731. The molecule has 5 nitrogen and oxygen atoms in total. The van der Waals surface area contributed by atoms with E-state index in [9.17, 15) is 13.6 Å². The first-order valence-electron chi connectivity index (χ1n) is 11.2. The number of likely N-dealkylation sites (tertiary alicyclic amines) is 2. The average Bonchev–Trinajstić information content (AvgIpc) is 2.61. The first-order chi connectivity index (χ1) is 14.1. The van der Waals surface area contributed by atoms with Crippen molar-refractivity contribution in [1.29, 1.82) is 0 Å². The predicted molar refractivity (Wildman–Crippen MR) is 114 cm³/mol. The van der Waals surface area contributed by atoms with Crippen LogP contribution >= 0.6 is 0 Å². The first-order valence-corrected chi connectivity index (χ1v) is 11.2. The van der Waals surface area contributed by atoms with Crippen LogP contribution in [0.2, 0.25) is 0 Å². The fourth-order valence-corrected chi connectivity index (χ4v) is 5.35. The van der Waals surface area contributed by atoms with Gasteiger partial charge in [-0.3, -0.25) is 9.69 Å². The number of carbonyl (C=O) groups is 1. The van der Waals surface area contributed by atoms with Crippen molar-refractivity contribution in [2.24, 2.45) is 17.3 Å². The monoisotopic (exact) mass is 420 g/mol. The molecule has 30 heavy (non-hydrogen) atoms. The molecule has 1 spiro atoms. The van der Waals surface area contributed by atoms with Gasteiger partial charge in [0, 0.05) is 50.3 Å². The Hall–Kier alpha value is -1.76. The number of hydrogen-bond acceptors (Lipinski definition) is 4. The van der Waals surface area contributed by atoms with Gasteiger partial charge in [0.1, 0.15) is 5.82 Å². The Morgan fingerprint density at radius 1 is 1.13 bits per heavy atom. The number of amides is 1. The Morgan fingerprint density at radius 3 is 2.37 bits per heavy atom. The minimum Gasteiger partial charge on any atom is -0.355 e. The molecule has 0 N–H and O–H groups in total. The fourth-order valence-electron chi connectivity index (χ4n) is 5.35. The second kappa shape index (κ2) is 7.74. The van der Waals surface area contributed by atoms with Gasteiger partial charge in [-0.05, 0) is 29.9 Å². The molecule has 3 aliphatic heterocycles. The minimum atomic E-state index is -2.79. The van der Waals surface area contributed by atoms with Gasteiger partial charge in [-0.15, -0.1) is 0 Å². The third-order valence-electron chi connectivity index (χ3n) is 7.10. The van der Waals surface area contributed by atoms with Crippen molar-refractivity contribution in [2.75, 3.05) is 50.7 Å². The summed E-state index contributed by atoms with van der Waals surface area (Å²) in [6.45, 7) is 11.9. The predicted octanol–water partition coefficient (Wildman–Crippen LogP) is 3.47. The lowest BCUT2D eigenvalue weighted by atomic mass is 9.73. The fraction of sp³-hybridized carbons (Fsp3) is 0.739. The molecule has 166 valence electrons. The lowest BCUT2D eigenvalue weighted by Crippen LogP contribution is -2.73. The SMILES string of the molecule is CC(C)c1ccc(N2CC3(CN(CC(=O)N4CCC(C(C)C)C(F)(F)C4)C3)C2)nc1. The molecule has 3 saturated heterocycles. The number of pyridine rings is 1. The summed E-state index contributed by atoms with van der Waals surface area (Å²) in [4.78, 5) is 22.9. The molecule has 1 aromatic rings. The molecule has 1 unspecified atom stereocenters. The van der Waals surface area contributed by atoms with Crippen LogP contribution in [-0.2, 0) is 4.79 Å². The zero-order valence-electron chi connectivity index (χ0n) is 18.6. The standard InChI is InChI=1S/C23H34F2N4O/c1-16(2)18-5-6-20(26-9-18)29-13-22(14-29)11-27(12-22)10-21(30)28-8-7-19(17(3)4)23(24,25)15-28/h5-6,9,16-17,19H,7-8,10-15H2,1-4H3. The molecule has 7 heteroatoms. The molecule has 3 fully saturated rings. The summed E-state index contributed by atoms with van der Waals surface area (Å²) in [5, 5.41) is 0. The Labute approximate surface area is 178 Å². The molecule has 1 aromatic heterocycles. The summed E-state index contributed by atoms with van der Waals surface area (Å²) in [7, 11) is 0. The molecule has 0 saturated carbocycles. The van der Waals surface area contributed by atoms with E-state index in [-0.39, 0.29) is 23.8 Å². The van der Waals surface area contributed by atoms with Crippen molar-refractivity contribution in [1.82, 2.24) is 14.8 Å². The summed E-state index contributed by atoms with van der Waals surface area (Å²) in [5.41, 5.74) is 1.47. The smallest absolute Gasteiger partial charge is 0.268 e. The van der Waals surface area contributed by atoms with E-state index >= 15 is 0 Å². The number of halogens is 2. The van der Waals surface area contributed by atoms with E-state index in [4.69, 9.17) is 0 Å². The van der Waals surface area contributed by atoms with Crippen molar-refractivity contribution in [3.63, 3.8) is 0 Å². The molecule has 0 aromatic carbocycles. The Kier molecular flexibility index (Phi) is 5.54. The molecule has 0 radical (unpaired) electrons. The van der Waals surface area contributed by atoms with E-state index in [1.807, 2.05) is 20.0 Å². The number of hydrogen-bond donors (Lipinski definition) is 0. The maximum Gasteiger partial charge on any atom is 0.268 e. The average molecular weight is 421 g/mol. The maximum atomic E-state index is 14.4. The molecule has 0 aliphatic carbocycles. The highest BCUT2D eigenvalue weighted by Crippen LogP contribution is 2.42. The number of rotatable bonds is 5. The van der Waals surface area contributed by atoms with Crippen LogP contribution in [0.3, 0.4) is 0 Å². The first kappa shape index (κ1) is 21.5.